The number of ketones is 1. The number of allylic oxidation sites excluding steroid dienone is 1. The Morgan fingerprint density at radius 2 is 2.46 bits per heavy atom. The van der Waals surface area contributed by atoms with E-state index in [1.165, 1.54) is 13.2 Å². The predicted molar refractivity (Wildman–Crippen MR) is 47.2 cm³/mol. The predicted octanol–water partition coefficient (Wildman–Crippen LogP) is 1.20. The summed E-state index contributed by atoms with van der Waals surface area (Å²) in [5.41, 5.74) is -0.362. The maximum absolute atomic E-state index is 11.2. The smallest absolute Gasteiger partial charge is 0.219 e. The molecular weight excluding hydrogens is 168 g/mol. The molecule has 2 rings (SSSR count). The zero-order chi connectivity index (χ0) is 9.31. The Kier molecular flexibility index (Phi) is 1.96. The third-order valence-electron chi connectivity index (χ3n) is 2.44. The fourth-order valence-corrected chi connectivity index (χ4v) is 1.73. The number of hydrogen-bond donors (Lipinski definition) is 0. The van der Waals surface area contributed by atoms with E-state index in [4.69, 9.17) is 9.47 Å². The lowest BCUT2D eigenvalue weighted by molar-refractivity contribution is -0.114. The third kappa shape index (κ3) is 1.40. The van der Waals surface area contributed by atoms with Crippen LogP contribution in [0.15, 0.2) is 24.0 Å². The number of hydrogen-bond acceptors (Lipinski definition) is 3. The van der Waals surface area contributed by atoms with Crippen LogP contribution in [0.2, 0.25) is 0 Å². The van der Waals surface area contributed by atoms with Gasteiger partial charge >= 0.3 is 0 Å². The van der Waals surface area contributed by atoms with Crippen molar-refractivity contribution in [3.63, 3.8) is 0 Å². The van der Waals surface area contributed by atoms with Crippen LogP contribution in [0.1, 0.15) is 12.8 Å². The molecule has 0 N–H and O–H groups in total. The molecule has 1 fully saturated rings. The van der Waals surface area contributed by atoms with Crippen molar-refractivity contribution >= 4 is 5.78 Å². The second kappa shape index (κ2) is 3.00. The number of carbonyl (C=O) groups is 1. The fourth-order valence-electron chi connectivity index (χ4n) is 1.73. The fraction of sp³-hybridized carbons (Fsp3) is 0.500. The summed E-state index contributed by atoms with van der Waals surface area (Å²) in [6.45, 7) is 0.756. The van der Waals surface area contributed by atoms with E-state index in [2.05, 4.69) is 0 Å². The first-order valence-electron chi connectivity index (χ1n) is 4.40. The van der Waals surface area contributed by atoms with Gasteiger partial charge < -0.3 is 9.47 Å². The Morgan fingerprint density at radius 1 is 1.62 bits per heavy atom. The lowest BCUT2D eigenvalue weighted by Crippen LogP contribution is -2.27. The molecule has 0 amide bonds. The van der Waals surface area contributed by atoms with Crippen LogP contribution >= 0.6 is 0 Å². The number of carbonyl (C=O) groups excluding carboxylic acids is 1. The quantitative estimate of drug-likeness (QED) is 0.608. The molecule has 1 saturated heterocycles. The Morgan fingerprint density at radius 3 is 3.08 bits per heavy atom. The average molecular weight is 180 g/mol. The molecule has 1 unspecified atom stereocenters. The van der Waals surface area contributed by atoms with Crippen LogP contribution in [0.3, 0.4) is 0 Å². The molecule has 13 heavy (non-hydrogen) atoms. The van der Waals surface area contributed by atoms with Crippen LogP contribution < -0.4 is 0 Å². The van der Waals surface area contributed by atoms with Crippen molar-refractivity contribution in [2.75, 3.05) is 13.7 Å². The van der Waals surface area contributed by atoms with Gasteiger partial charge in [-0.15, -0.1) is 0 Å². The lowest BCUT2D eigenvalue weighted by Gasteiger charge is -2.23. The molecule has 3 nitrogen and oxygen atoms in total. The van der Waals surface area contributed by atoms with E-state index >= 15 is 0 Å². The number of ether oxygens (including phenoxy) is 2. The monoisotopic (exact) mass is 180 g/mol. The molecule has 1 spiro atoms. The summed E-state index contributed by atoms with van der Waals surface area (Å²) in [6, 6.07) is 0. The first-order chi connectivity index (χ1) is 6.26. The van der Waals surface area contributed by atoms with Gasteiger partial charge in [-0.05, 0) is 31.1 Å². The van der Waals surface area contributed by atoms with Gasteiger partial charge in [-0.25, -0.2) is 0 Å². The SMILES string of the molecule is COC1=CC2(C=CC1=O)CCCO2. The first-order valence-corrected chi connectivity index (χ1v) is 4.40. The number of rotatable bonds is 1. The Bertz CT molecular complexity index is 283. The highest BCUT2D eigenvalue weighted by molar-refractivity contribution is 6.03. The van der Waals surface area contributed by atoms with Crippen molar-refractivity contribution in [2.45, 2.75) is 18.4 Å². The van der Waals surface area contributed by atoms with E-state index < -0.39 is 0 Å². The lowest BCUT2D eigenvalue weighted by atomic mass is 9.93. The standard InChI is InChI=1S/C10H12O3/c1-12-9-7-10(4-2-6-13-10)5-3-8(9)11/h3,5,7H,2,4,6H2,1H3. The molecular formula is C10H12O3. The maximum Gasteiger partial charge on any atom is 0.219 e. The van der Waals surface area contributed by atoms with Gasteiger partial charge in [0.25, 0.3) is 0 Å². The molecule has 0 saturated carbocycles. The molecule has 1 atom stereocenters. The highest BCUT2D eigenvalue weighted by atomic mass is 16.5. The van der Waals surface area contributed by atoms with E-state index in [1.807, 2.05) is 6.08 Å². The minimum atomic E-state index is -0.362. The van der Waals surface area contributed by atoms with Crippen molar-refractivity contribution in [1.82, 2.24) is 0 Å². The summed E-state index contributed by atoms with van der Waals surface area (Å²) in [4.78, 5) is 11.2. The van der Waals surface area contributed by atoms with Crippen LogP contribution in [-0.4, -0.2) is 25.1 Å². The minimum Gasteiger partial charge on any atom is -0.493 e. The molecule has 0 aromatic carbocycles. The van der Waals surface area contributed by atoms with Crippen molar-refractivity contribution in [3.8, 4) is 0 Å². The van der Waals surface area contributed by atoms with Crippen LogP contribution in [0.4, 0.5) is 0 Å². The Balaban J connectivity index is 2.28. The van der Waals surface area contributed by atoms with E-state index in [0.717, 1.165) is 19.4 Å². The van der Waals surface area contributed by atoms with Gasteiger partial charge in [-0.2, -0.15) is 0 Å². The summed E-state index contributed by atoms with van der Waals surface area (Å²) in [6.07, 6.45) is 7.10. The molecule has 2 aliphatic rings. The normalized spacial score (nSPS) is 32.4. The van der Waals surface area contributed by atoms with Gasteiger partial charge in [0.15, 0.2) is 5.76 Å². The van der Waals surface area contributed by atoms with Crippen molar-refractivity contribution < 1.29 is 14.3 Å². The summed E-state index contributed by atoms with van der Waals surface area (Å²) in [5.74, 6) is 0.313. The van der Waals surface area contributed by atoms with Gasteiger partial charge in [0, 0.05) is 6.61 Å². The van der Waals surface area contributed by atoms with E-state index in [9.17, 15) is 4.79 Å². The number of methoxy groups -OCH3 is 1. The average Bonchev–Trinajstić information content (AvgIpc) is 2.59. The third-order valence-corrected chi connectivity index (χ3v) is 2.44. The molecule has 0 bridgehead atoms. The Hall–Kier alpha value is -1.09. The van der Waals surface area contributed by atoms with Crippen molar-refractivity contribution in [3.05, 3.63) is 24.0 Å². The van der Waals surface area contributed by atoms with Crippen LogP contribution in [0, 0.1) is 0 Å². The van der Waals surface area contributed by atoms with Gasteiger partial charge in [0.2, 0.25) is 5.78 Å². The molecule has 1 aliphatic carbocycles. The first kappa shape index (κ1) is 8.51. The molecule has 3 heteroatoms. The largest absolute Gasteiger partial charge is 0.493 e. The van der Waals surface area contributed by atoms with Gasteiger partial charge in [-0.3, -0.25) is 4.79 Å². The summed E-state index contributed by atoms with van der Waals surface area (Å²) >= 11 is 0. The summed E-state index contributed by atoms with van der Waals surface area (Å²) in [5, 5.41) is 0. The van der Waals surface area contributed by atoms with Crippen LogP contribution in [0.5, 0.6) is 0 Å². The van der Waals surface area contributed by atoms with Crippen LogP contribution in [0.25, 0.3) is 0 Å². The van der Waals surface area contributed by atoms with E-state index in [0.29, 0.717) is 5.76 Å². The topological polar surface area (TPSA) is 35.5 Å². The summed E-state index contributed by atoms with van der Waals surface area (Å²) in [7, 11) is 1.51. The van der Waals surface area contributed by atoms with Gasteiger partial charge in [-0.1, -0.05) is 0 Å². The van der Waals surface area contributed by atoms with E-state index in [-0.39, 0.29) is 11.4 Å². The second-order valence-electron chi connectivity index (χ2n) is 3.32. The second-order valence-corrected chi connectivity index (χ2v) is 3.32. The molecule has 0 aromatic heterocycles. The zero-order valence-corrected chi connectivity index (χ0v) is 7.58. The van der Waals surface area contributed by atoms with Gasteiger partial charge in [0.05, 0.1) is 7.11 Å². The molecule has 1 heterocycles. The zero-order valence-electron chi connectivity index (χ0n) is 7.58. The maximum atomic E-state index is 11.2. The van der Waals surface area contributed by atoms with Crippen LogP contribution in [-0.2, 0) is 14.3 Å². The van der Waals surface area contributed by atoms with Gasteiger partial charge in [0.1, 0.15) is 5.60 Å². The van der Waals surface area contributed by atoms with E-state index in [1.54, 1.807) is 6.08 Å². The van der Waals surface area contributed by atoms with Crippen molar-refractivity contribution in [1.29, 1.82) is 0 Å². The minimum absolute atomic E-state index is 0.0800. The molecule has 0 aromatic rings. The van der Waals surface area contributed by atoms with Crippen molar-refractivity contribution in [2.24, 2.45) is 0 Å². The summed E-state index contributed by atoms with van der Waals surface area (Å²) < 4.78 is 10.5. The molecule has 1 aliphatic heterocycles. The Labute approximate surface area is 77.0 Å². The highest BCUT2D eigenvalue weighted by Crippen LogP contribution is 2.32. The highest BCUT2D eigenvalue weighted by Gasteiger charge is 2.34. The molecule has 0 radical (unpaired) electrons. The molecule has 70 valence electrons.